The Morgan fingerprint density at radius 2 is 2.20 bits per heavy atom. The Labute approximate surface area is 117 Å². The fraction of sp³-hybridized carbons (Fsp3) is 0.462. The third kappa shape index (κ3) is 2.72. The third-order valence-electron chi connectivity index (χ3n) is 3.46. The minimum atomic E-state index is -0.508. The Bertz CT molecular complexity index is 519. The van der Waals surface area contributed by atoms with Crippen molar-refractivity contribution in [2.24, 2.45) is 0 Å². The highest BCUT2D eigenvalue weighted by Gasteiger charge is 2.34. The van der Waals surface area contributed by atoms with E-state index in [0.29, 0.717) is 18.7 Å². The maximum atomic E-state index is 12.6. The van der Waals surface area contributed by atoms with Crippen molar-refractivity contribution in [1.82, 2.24) is 20.1 Å². The smallest absolute Gasteiger partial charge is 0.258 e. The van der Waals surface area contributed by atoms with Gasteiger partial charge in [0, 0.05) is 32.9 Å². The van der Waals surface area contributed by atoms with Gasteiger partial charge in [-0.25, -0.2) is 4.98 Å². The number of likely N-dealkylation sites (N-methyl/N-ethyl adjacent to an activating group) is 2. The van der Waals surface area contributed by atoms with Gasteiger partial charge in [-0.15, -0.1) is 0 Å². The summed E-state index contributed by atoms with van der Waals surface area (Å²) in [6.45, 7) is 1.72. The van der Waals surface area contributed by atoms with Crippen LogP contribution >= 0.6 is 0 Å². The average molecular weight is 277 g/mol. The number of amides is 2. The molecular weight excluding hydrogens is 258 g/mol. The molecule has 0 saturated carbocycles. The average Bonchev–Trinajstić information content (AvgIpc) is 2.46. The van der Waals surface area contributed by atoms with Gasteiger partial charge in [0.05, 0.1) is 5.56 Å². The van der Waals surface area contributed by atoms with Crippen molar-refractivity contribution < 1.29 is 9.59 Å². The minimum absolute atomic E-state index is 0.174. The Morgan fingerprint density at radius 1 is 1.45 bits per heavy atom. The van der Waals surface area contributed by atoms with Gasteiger partial charge >= 0.3 is 0 Å². The van der Waals surface area contributed by atoms with Crippen molar-refractivity contribution >= 4 is 17.6 Å². The third-order valence-corrected chi connectivity index (χ3v) is 3.46. The number of rotatable bonds is 2. The van der Waals surface area contributed by atoms with Crippen molar-refractivity contribution in [2.75, 3.05) is 39.5 Å². The molecular formula is C13H19N5O2. The van der Waals surface area contributed by atoms with Crippen molar-refractivity contribution in [3.05, 3.63) is 23.9 Å². The van der Waals surface area contributed by atoms with Crippen LogP contribution in [0.15, 0.2) is 18.3 Å². The van der Waals surface area contributed by atoms with Crippen LogP contribution in [0.4, 0.5) is 5.82 Å². The quantitative estimate of drug-likeness (QED) is 0.736. The molecule has 1 saturated heterocycles. The summed E-state index contributed by atoms with van der Waals surface area (Å²) in [6, 6.07) is 2.78. The molecule has 0 radical (unpaired) electrons. The maximum absolute atomic E-state index is 12.6. The van der Waals surface area contributed by atoms with E-state index in [1.54, 1.807) is 24.1 Å². The van der Waals surface area contributed by atoms with Crippen LogP contribution in [-0.2, 0) is 4.79 Å². The zero-order chi connectivity index (χ0) is 14.7. The van der Waals surface area contributed by atoms with Gasteiger partial charge < -0.3 is 20.9 Å². The molecule has 3 N–H and O–H groups in total. The number of hydrogen-bond donors (Lipinski definition) is 2. The van der Waals surface area contributed by atoms with Crippen LogP contribution in [0.5, 0.6) is 0 Å². The largest absolute Gasteiger partial charge is 0.383 e. The van der Waals surface area contributed by atoms with E-state index in [1.165, 1.54) is 6.20 Å². The number of piperazine rings is 1. The van der Waals surface area contributed by atoms with Gasteiger partial charge in [0.15, 0.2) is 0 Å². The summed E-state index contributed by atoms with van der Waals surface area (Å²) in [5, 5.41) is 2.60. The summed E-state index contributed by atoms with van der Waals surface area (Å²) in [7, 11) is 3.49. The van der Waals surface area contributed by atoms with Crippen molar-refractivity contribution in [2.45, 2.75) is 6.04 Å². The van der Waals surface area contributed by atoms with Crippen LogP contribution in [0, 0.1) is 0 Å². The summed E-state index contributed by atoms with van der Waals surface area (Å²) in [5.41, 5.74) is 6.08. The number of carbonyl (C=O) groups excluding carboxylic acids is 2. The lowest BCUT2D eigenvalue weighted by molar-refractivity contribution is -0.126. The molecule has 2 amide bonds. The Morgan fingerprint density at radius 3 is 2.85 bits per heavy atom. The second-order valence-corrected chi connectivity index (χ2v) is 4.83. The van der Waals surface area contributed by atoms with E-state index in [9.17, 15) is 9.59 Å². The summed E-state index contributed by atoms with van der Waals surface area (Å²) >= 11 is 0. The second-order valence-electron chi connectivity index (χ2n) is 4.83. The minimum Gasteiger partial charge on any atom is -0.383 e. The summed E-state index contributed by atoms with van der Waals surface area (Å²) in [6.07, 6.45) is 1.53. The van der Waals surface area contributed by atoms with E-state index < -0.39 is 6.04 Å². The van der Waals surface area contributed by atoms with E-state index in [1.807, 2.05) is 11.9 Å². The normalized spacial score (nSPS) is 19.7. The van der Waals surface area contributed by atoms with Crippen molar-refractivity contribution in [3.8, 4) is 0 Å². The van der Waals surface area contributed by atoms with E-state index >= 15 is 0 Å². The molecule has 7 heteroatoms. The number of pyridine rings is 1. The van der Waals surface area contributed by atoms with E-state index in [0.717, 1.165) is 6.54 Å². The molecule has 0 aliphatic carbocycles. The van der Waals surface area contributed by atoms with Gasteiger partial charge in [0.1, 0.15) is 11.9 Å². The van der Waals surface area contributed by atoms with Gasteiger partial charge in [-0.2, -0.15) is 0 Å². The fourth-order valence-electron chi connectivity index (χ4n) is 2.31. The number of hydrogen-bond acceptors (Lipinski definition) is 5. The molecule has 0 bridgehead atoms. The molecule has 1 atom stereocenters. The van der Waals surface area contributed by atoms with Gasteiger partial charge in [-0.1, -0.05) is 0 Å². The highest BCUT2D eigenvalue weighted by Crippen LogP contribution is 2.16. The van der Waals surface area contributed by atoms with E-state index in [-0.39, 0.29) is 17.6 Å². The lowest BCUT2D eigenvalue weighted by atomic mass is 10.1. The number of carbonyl (C=O) groups is 2. The van der Waals surface area contributed by atoms with E-state index in [4.69, 9.17) is 5.73 Å². The lowest BCUT2D eigenvalue weighted by Gasteiger charge is -2.38. The number of nitrogens with zero attached hydrogens (tertiary/aromatic N) is 3. The summed E-state index contributed by atoms with van der Waals surface area (Å²) < 4.78 is 0. The zero-order valence-corrected chi connectivity index (χ0v) is 11.7. The predicted octanol–water partition coefficient (Wildman–Crippen LogP) is -0.834. The molecule has 2 heterocycles. The highest BCUT2D eigenvalue weighted by molar-refractivity contribution is 6.00. The van der Waals surface area contributed by atoms with Crippen LogP contribution in [0.1, 0.15) is 10.4 Å². The second kappa shape index (κ2) is 5.87. The molecule has 108 valence electrons. The first-order valence-corrected chi connectivity index (χ1v) is 6.46. The number of anilines is 1. The van der Waals surface area contributed by atoms with E-state index in [2.05, 4.69) is 10.3 Å². The van der Waals surface area contributed by atoms with Crippen LogP contribution in [-0.4, -0.2) is 66.4 Å². The number of aromatic nitrogens is 1. The monoisotopic (exact) mass is 277 g/mol. The number of nitrogen functional groups attached to an aromatic ring is 1. The van der Waals surface area contributed by atoms with Gasteiger partial charge in [-0.3, -0.25) is 9.59 Å². The van der Waals surface area contributed by atoms with Gasteiger partial charge in [0.25, 0.3) is 5.91 Å². The molecule has 1 aliphatic heterocycles. The Hall–Kier alpha value is -2.15. The molecule has 1 fully saturated rings. The highest BCUT2D eigenvalue weighted by atomic mass is 16.2. The summed E-state index contributed by atoms with van der Waals surface area (Å²) in [4.78, 5) is 32.0. The summed E-state index contributed by atoms with van der Waals surface area (Å²) in [5.74, 6) is -0.239. The maximum Gasteiger partial charge on any atom is 0.258 e. The van der Waals surface area contributed by atoms with Crippen LogP contribution in [0.3, 0.4) is 0 Å². The van der Waals surface area contributed by atoms with Gasteiger partial charge in [-0.05, 0) is 19.2 Å². The molecule has 0 unspecified atom stereocenters. The van der Waals surface area contributed by atoms with Crippen LogP contribution in [0.2, 0.25) is 0 Å². The van der Waals surface area contributed by atoms with Crippen LogP contribution < -0.4 is 11.1 Å². The molecule has 20 heavy (non-hydrogen) atoms. The molecule has 0 aromatic carbocycles. The first kappa shape index (κ1) is 14.3. The SMILES string of the molecule is CNC(=O)[C@@H]1CN(C)CCN1C(=O)c1cccnc1N. The van der Waals surface area contributed by atoms with Crippen molar-refractivity contribution in [3.63, 3.8) is 0 Å². The van der Waals surface area contributed by atoms with Gasteiger partial charge in [0.2, 0.25) is 5.91 Å². The number of nitrogens with one attached hydrogen (secondary N) is 1. The molecule has 2 rings (SSSR count). The Kier molecular flexibility index (Phi) is 4.19. The first-order chi connectivity index (χ1) is 9.54. The predicted molar refractivity (Wildman–Crippen MR) is 75.0 cm³/mol. The number of nitrogens with two attached hydrogens (primary N) is 1. The zero-order valence-electron chi connectivity index (χ0n) is 11.7. The molecule has 1 aromatic rings. The first-order valence-electron chi connectivity index (χ1n) is 6.46. The fourth-order valence-corrected chi connectivity index (χ4v) is 2.31. The molecule has 0 spiro atoms. The van der Waals surface area contributed by atoms with Crippen LogP contribution in [0.25, 0.3) is 0 Å². The standard InChI is InChI=1S/C13H19N5O2/c1-15-12(19)10-8-17(2)6-7-18(10)13(20)9-4-3-5-16-11(9)14/h3-5,10H,6-8H2,1-2H3,(H2,14,16)(H,15,19)/t10-/m0/s1. The lowest BCUT2D eigenvalue weighted by Crippen LogP contribution is -2.59. The molecule has 1 aromatic heterocycles. The Balaban J connectivity index is 2.27. The molecule has 7 nitrogen and oxygen atoms in total. The topological polar surface area (TPSA) is 91.6 Å². The molecule has 1 aliphatic rings. The van der Waals surface area contributed by atoms with Crippen molar-refractivity contribution in [1.29, 1.82) is 0 Å².